The zero-order valence-electron chi connectivity index (χ0n) is 16.8. The third-order valence-corrected chi connectivity index (χ3v) is 5.69. The average molecular weight is 371 g/mol. The summed E-state index contributed by atoms with van der Waals surface area (Å²) in [7, 11) is 4.07. The number of hydrogen-bond donors (Lipinski definition) is 0. The van der Waals surface area contributed by atoms with Crippen LogP contribution in [0.3, 0.4) is 0 Å². The SMILES string of the molecule is Cc1ccccc1-n1cc[n+](C)c1-c1c(C)ccc2c1oc1c2nc(C)n1C. The molecule has 0 bridgehead atoms. The minimum atomic E-state index is 0.816. The van der Waals surface area contributed by atoms with Crippen LogP contribution in [0.1, 0.15) is 17.0 Å². The summed E-state index contributed by atoms with van der Waals surface area (Å²) in [6.45, 7) is 6.27. The van der Waals surface area contributed by atoms with E-state index in [1.54, 1.807) is 0 Å². The maximum atomic E-state index is 6.39. The van der Waals surface area contributed by atoms with E-state index < -0.39 is 0 Å². The lowest BCUT2D eigenvalue weighted by atomic mass is 10.0. The molecule has 0 aliphatic rings. The van der Waals surface area contributed by atoms with E-state index in [-0.39, 0.29) is 0 Å². The lowest BCUT2D eigenvalue weighted by molar-refractivity contribution is -0.659. The Labute approximate surface area is 163 Å². The normalized spacial score (nSPS) is 11.8. The molecule has 28 heavy (non-hydrogen) atoms. The Morgan fingerprint density at radius 2 is 1.79 bits per heavy atom. The van der Waals surface area contributed by atoms with Crippen molar-refractivity contribution in [2.45, 2.75) is 20.8 Å². The summed E-state index contributed by atoms with van der Waals surface area (Å²) in [4.78, 5) is 4.73. The number of para-hydroxylation sites is 1. The van der Waals surface area contributed by atoms with Gasteiger partial charge in [0.25, 0.3) is 5.82 Å². The van der Waals surface area contributed by atoms with Crippen LogP contribution < -0.4 is 4.57 Å². The smallest absolute Gasteiger partial charge is 0.297 e. The zero-order chi connectivity index (χ0) is 19.6. The number of benzene rings is 2. The van der Waals surface area contributed by atoms with E-state index in [1.807, 2.05) is 18.5 Å². The quantitative estimate of drug-likeness (QED) is 0.428. The molecule has 5 rings (SSSR count). The molecule has 0 aliphatic heterocycles. The first kappa shape index (κ1) is 16.8. The van der Waals surface area contributed by atoms with Crippen LogP contribution in [-0.2, 0) is 14.1 Å². The first-order valence-corrected chi connectivity index (χ1v) is 9.46. The van der Waals surface area contributed by atoms with Crippen LogP contribution in [0.2, 0.25) is 0 Å². The van der Waals surface area contributed by atoms with Crippen LogP contribution in [0.15, 0.2) is 53.2 Å². The molecule has 0 amide bonds. The maximum Gasteiger partial charge on any atom is 0.297 e. The zero-order valence-corrected chi connectivity index (χ0v) is 16.8. The summed E-state index contributed by atoms with van der Waals surface area (Å²) >= 11 is 0. The first-order valence-electron chi connectivity index (χ1n) is 9.46. The monoisotopic (exact) mass is 371 g/mol. The van der Waals surface area contributed by atoms with E-state index in [4.69, 9.17) is 9.40 Å². The Kier molecular flexibility index (Phi) is 3.50. The van der Waals surface area contributed by atoms with Crippen LogP contribution in [0.4, 0.5) is 0 Å². The number of aryl methyl sites for hydroxylation is 5. The summed E-state index contributed by atoms with van der Waals surface area (Å²) in [6, 6.07) is 12.7. The van der Waals surface area contributed by atoms with E-state index in [0.29, 0.717) is 0 Å². The van der Waals surface area contributed by atoms with Gasteiger partial charge in [0.2, 0.25) is 5.71 Å². The highest BCUT2D eigenvalue weighted by Crippen LogP contribution is 2.37. The van der Waals surface area contributed by atoms with Crippen molar-refractivity contribution in [2.24, 2.45) is 14.1 Å². The molecule has 5 nitrogen and oxygen atoms in total. The lowest BCUT2D eigenvalue weighted by Gasteiger charge is -2.08. The standard InChI is InChI=1S/C23H23N4O/c1-14-8-6-7-9-18(14)27-13-12-25(4)22(27)19-15(2)10-11-17-20-23(28-21(17)19)26(5)16(3)24-20/h6-13H,1-5H3/q+1. The molecule has 3 heterocycles. The Morgan fingerprint density at radius 1 is 1.00 bits per heavy atom. The van der Waals surface area contributed by atoms with Gasteiger partial charge < -0.3 is 8.98 Å². The second-order valence-corrected chi connectivity index (χ2v) is 7.50. The fourth-order valence-corrected chi connectivity index (χ4v) is 4.03. The molecule has 2 aromatic carbocycles. The Hall–Kier alpha value is -3.34. The van der Waals surface area contributed by atoms with Gasteiger partial charge in [0.15, 0.2) is 5.58 Å². The highest BCUT2D eigenvalue weighted by atomic mass is 16.3. The van der Waals surface area contributed by atoms with E-state index in [9.17, 15) is 0 Å². The summed E-state index contributed by atoms with van der Waals surface area (Å²) in [5.74, 6) is 2.04. The Morgan fingerprint density at radius 3 is 2.57 bits per heavy atom. The van der Waals surface area contributed by atoms with Crippen LogP contribution in [-0.4, -0.2) is 14.1 Å². The molecule has 0 radical (unpaired) electrons. The van der Waals surface area contributed by atoms with Gasteiger partial charge in [-0.3, -0.25) is 0 Å². The fourth-order valence-electron chi connectivity index (χ4n) is 4.03. The average Bonchev–Trinajstić information content (AvgIpc) is 3.30. The van der Waals surface area contributed by atoms with Gasteiger partial charge in [0, 0.05) is 12.4 Å². The molecule has 0 aliphatic carbocycles. The molecule has 140 valence electrons. The van der Waals surface area contributed by atoms with Gasteiger partial charge in [-0.1, -0.05) is 24.3 Å². The van der Waals surface area contributed by atoms with E-state index >= 15 is 0 Å². The molecule has 0 atom stereocenters. The van der Waals surface area contributed by atoms with Crippen LogP contribution in [0.25, 0.3) is 39.3 Å². The molecule has 5 heteroatoms. The van der Waals surface area contributed by atoms with Gasteiger partial charge in [0.1, 0.15) is 35.0 Å². The van der Waals surface area contributed by atoms with Crippen molar-refractivity contribution < 1.29 is 8.98 Å². The van der Waals surface area contributed by atoms with Crippen molar-refractivity contribution in [2.75, 3.05) is 0 Å². The molecule has 0 N–H and O–H groups in total. The van der Waals surface area contributed by atoms with Gasteiger partial charge in [-0.05, 0) is 44.0 Å². The summed E-state index contributed by atoms with van der Waals surface area (Å²) < 4.78 is 12.8. The number of furan rings is 1. The van der Waals surface area contributed by atoms with Gasteiger partial charge in [-0.15, -0.1) is 0 Å². The van der Waals surface area contributed by atoms with E-state index in [0.717, 1.165) is 39.4 Å². The fraction of sp³-hybridized carbons (Fsp3) is 0.217. The molecule has 0 saturated heterocycles. The van der Waals surface area contributed by atoms with Crippen molar-refractivity contribution >= 4 is 22.2 Å². The van der Waals surface area contributed by atoms with Gasteiger partial charge >= 0.3 is 0 Å². The van der Waals surface area contributed by atoms with Crippen molar-refractivity contribution in [1.29, 1.82) is 0 Å². The highest BCUT2D eigenvalue weighted by Gasteiger charge is 2.27. The lowest BCUT2D eigenvalue weighted by Crippen LogP contribution is -2.29. The molecule has 0 spiro atoms. The third-order valence-electron chi connectivity index (χ3n) is 5.69. The van der Waals surface area contributed by atoms with Crippen molar-refractivity contribution in [3.05, 3.63) is 65.7 Å². The number of hydrogen-bond acceptors (Lipinski definition) is 2. The highest BCUT2D eigenvalue weighted by molar-refractivity contribution is 6.07. The number of rotatable bonds is 2. The topological polar surface area (TPSA) is 39.8 Å². The van der Waals surface area contributed by atoms with Gasteiger partial charge in [-0.25, -0.2) is 9.55 Å². The number of aromatic nitrogens is 4. The molecule has 3 aromatic heterocycles. The van der Waals surface area contributed by atoms with Crippen LogP contribution in [0, 0.1) is 20.8 Å². The van der Waals surface area contributed by atoms with Crippen LogP contribution >= 0.6 is 0 Å². The first-order chi connectivity index (χ1) is 13.5. The van der Waals surface area contributed by atoms with Crippen molar-refractivity contribution in [3.8, 4) is 17.1 Å². The van der Waals surface area contributed by atoms with Crippen LogP contribution in [0.5, 0.6) is 0 Å². The van der Waals surface area contributed by atoms with E-state index in [1.165, 1.54) is 16.8 Å². The second-order valence-electron chi connectivity index (χ2n) is 7.50. The Bertz CT molecular complexity index is 1370. The Balaban J connectivity index is 1.88. The third kappa shape index (κ3) is 2.19. The van der Waals surface area contributed by atoms with Crippen molar-refractivity contribution in [1.82, 2.24) is 14.1 Å². The number of imidazole rings is 2. The molecule has 0 unspecified atom stereocenters. The number of fused-ring (bicyclic) bond motifs is 3. The van der Waals surface area contributed by atoms with E-state index in [2.05, 4.69) is 78.8 Å². The second kappa shape index (κ2) is 5.83. The number of nitrogens with zero attached hydrogens (tertiary/aromatic N) is 4. The molecular formula is C23H23N4O+. The maximum absolute atomic E-state index is 6.39. The summed E-state index contributed by atoms with van der Waals surface area (Å²) in [5.41, 5.74) is 7.30. The largest absolute Gasteiger partial charge is 0.437 e. The molecule has 0 fully saturated rings. The van der Waals surface area contributed by atoms with Crippen molar-refractivity contribution in [3.63, 3.8) is 0 Å². The van der Waals surface area contributed by atoms with Gasteiger partial charge in [0.05, 0.1) is 7.05 Å². The summed E-state index contributed by atoms with van der Waals surface area (Å²) in [5, 5.41) is 1.05. The minimum Gasteiger partial charge on any atom is -0.437 e. The predicted molar refractivity (Wildman–Crippen MR) is 111 cm³/mol. The molecule has 0 saturated carbocycles. The van der Waals surface area contributed by atoms with Gasteiger partial charge in [-0.2, -0.15) is 4.57 Å². The molecular weight excluding hydrogens is 348 g/mol. The minimum absolute atomic E-state index is 0.816. The molecule has 5 aromatic rings. The summed E-state index contributed by atoms with van der Waals surface area (Å²) in [6.07, 6.45) is 4.20. The predicted octanol–water partition coefficient (Wildman–Crippen LogP) is 4.53.